The number of carbonyl (C=O) groups excluding carboxylic acids is 1. The number of aliphatic hydroxyl groups excluding tert-OH is 1. The quantitative estimate of drug-likeness (QED) is 0.553. The van der Waals surface area contributed by atoms with Gasteiger partial charge >= 0.3 is 16.2 Å². The Kier molecular flexibility index (Phi) is 6.04. The van der Waals surface area contributed by atoms with Crippen LogP contribution in [-0.2, 0) is 26.2 Å². The number of hydrogen-bond acceptors (Lipinski definition) is 6. The number of anilines is 1. The first kappa shape index (κ1) is 22.7. The minimum Gasteiger partial charge on any atom is -0.506 e. The summed E-state index contributed by atoms with van der Waals surface area (Å²) in [5.41, 5.74) is -0.421. The molecule has 8 nitrogen and oxygen atoms in total. The summed E-state index contributed by atoms with van der Waals surface area (Å²) in [5, 5.41) is 20.2. The zero-order valence-corrected chi connectivity index (χ0v) is 18.3. The van der Waals surface area contributed by atoms with Gasteiger partial charge in [0, 0.05) is 5.39 Å². The van der Waals surface area contributed by atoms with Gasteiger partial charge in [0.05, 0.1) is 18.2 Å². The third kappa shape index (κ3) is 4.53. The van der Waals surface area contributed by atoms with Crippen molar-refractivity contribution in [1.82, 2.24) is 4.72 Å². The molecule has 1 aliphatic heterocycles. The van der Waals surface area contributed by atoms with Gasteiger partial charge in [0.15, 0.2) is 5.82 Å². The Bertz CT molecular complexity index is 1160. The highest BCUT2D eigenvalue weighted by Crippen LogP contribution is 2.39. The van der Waals surface area contributed by atoms with Gasteiger partial charge in [-0.2, -0.15) is 8.42 Å². The predicted octanol–water partition coefficient (Wildman–Crippen LogP) is 3.61. The first-order valence-electron chi connectivity index (χ1n) is 9.80. The maximum Gasteiger partial charge on any atom is 0.330 e. The molecule has 0 bridgehead atoms. The van der Waals surface area contributed by atoms with E-state index in [2.05, 4.69) is 0 Å². The first-order chi connectivity index (χ1) is 14.5. The number of aromatic hydroxyl groups is 1. The van der Waals surface area contributed by atoms with Crippen LogP contribution < -0.4 is 9.03 Å². The lowest BCUT2D eigenvalue weighted by Gasteiger charge is -2.22. The number of aliphatic hydroxyl groups is 1. The standard InChI is InChI=1S/C21H25FN2O6S/c1-4-30-20(27)21(2,3)9-5-6-13-7-8-14-11-16(25)19(18(22)15(14)10-13)24-12-17(26)23-31(24,28)29/h7-8,10-12,23,25-26H,4-6,9H2,1-3H3. The van der Waals surface area contributed by atoms with Gasteiger partial charge < -0.3 is 14.9 Å². The molecule has 2 aromatic rings. The molecule has 0 radical (unpaired) electrons. The lowest BCUT2D eigenvalue weighted by Crippen LogP contribution is -2.30. The van der Waals surface area contributed by atoms with E-state index in [4.69, 9.17) is 4.74 Å². The van der Waals surface area contributed by atoms with Crippen LogP contribution in [0.4, 0.5) is 10.1 Å². The second-order valence-corrected chi connectivity index (χ2v) is 9.54. The van der Waals surface area contributed by atoms with Gasteiger partial charge in [-0.05, 0) is 63.1 Å². The van der Waals surface area contributed by atoms with Crippen LogP contribution in [0.5, 0.6) is 5.75 Å². The first-order valence-corrected chi connectivity index (χ1v) is 11.2. The number of aryl methyl sites for hydroxylation is 1. The van der Waals surface area contributed by atoms with Gasteiger partial charge in [-0.25, -0.2) is 13.4 Å². The number of nitrogens with one attached hydrogen (secondary N) is 1. The summed E-state index contributed by atoms with van der Waals surface area (Å²) in [6.07, 6.45) is 2.58. The number of benzene rings is 2. The molecule has 3 rings (SSSR count). The van der Waals surface area contributed by atoms with Gasteiger partial charge in [0.2, 0.25) is 5.88 Å². The molecule has 1 aliphatic rings. The SMILES string of the molecule is CCOC(=O)C(C)(C)CCCc1ccc2cc(O)c(N3C=C(O)NS3(=O)=O)c(F)c2c1. The molecule has 3 N–H and O–H groups in total. The number of phenols is 1. The number of halogens is 1. The average Bonchev–Trinajstić information content (AvgIpc) is 2.94. The normalized spacial score (nSPS) is 15.6. The number of hydrogen-bond donors (Lipinski definition) is 3. The number of ether oxygens (including phenoxy) is 1. The number of esters is 1. The molecule has 2 aromatic carbocycles. The van der Waals surface area contributed by atoms with Crippen LogP contribution in [0.1, 0.15) is 39.2 Å². The van der Waals surface area contributed by atoms with Gasteiger partial charge in [-0.15, -0.1) is 0 Å². The van der Waals surface area contributed by atoms with E-state index in [0.29, 0.717) is 35.6 Å². The lowest BCUT2D eigenvalue weighted by molar-refractivity contribution is -0.153. The molecule has 10 heteroatoms. The van der Waals surface area contributed by atoms with E-state index >= 15 is 4.39 Å². The molecule has 1 heterocycles. The molecular formula is C21H25FN2O6S. The molecule has 0 aromatic heterocycles. The van der Waals surface area contributed by atoms with Crippen LogP contribution in [0.15, 0.2) is 36.3 Å². The molecule has 168 valence electrons. The Hall–Kier alpha value is -3.01. The third-order valence-corrected chi connectivity index (χ3v) is 6.42. The highest BCUT2D eigenvalue weighted by molar-refractivity contribution is 7.91. The molecule has 0 atom stereocenters. The minimum absolute atomic E-state index is 0.130. The summed E-state index contributed by atoms with van der Waals surface area (Å²) >= 11 is 0. The van der Waals surface area contributed by atoms with Gasteiger partial charge in [-0.1, -0.05) is 12.1 Å². The summed E-state index contributed by atoms with van der Waals surface area (Å²) in [5.74, 6) is -2.46. The van der Waals surface area contributed by atoms with Crippen molar-refractivity contribution >= 4 is 32.6 Å². The van der Waals surface area contributed by atoms with E-state index < -0.39 is 38.8 Å². The molecule has 0 amide bonds. The fourth-order valence-corrected chi connectivity index (χ4v) is 4.54. The summed E-state index contributed by atoms with van der Waals surface area (Å²) in [7, 11) is -4.26. The topological polar surface area (TPSA) is 116 Å². The fourth-order valence-electron chi connectivity index (χ4n) is 3.48. The third-order valence-electron chi connectivity index (χ3n) is 5.14. The summed E-state index contributed by atoms with van der Waals surface area (Å²) < 4.78 is 46.8. The zero-order chi connectivity index (χ0) is 23.0. The second-order valence-electron chi connectivity index (χ2n) is 7.99. The molecule has 0 aliphatic carbocycles. The van der Waals surface area contributed by atoms with Crippen LogP contribution in [-0.4, -0.2) is 31.2 Å². The smallest absolute Gasteiger partial charge is 0.330 e. The van der Waals surface area contributed by atoms with E-state index in [0.717, 1.165) is 11.8 Å². The van der Waals surface area contributed by atoms with Crippen molar-refractivity contribution in [3.63, 3.8) is 0 Å². The van der Waals surface area contributed by atoms with Crippen LogP contribution in [0, 0.1) is 11.2 Å². The molecule has 31 heavy (non-hydrogen) atoms. The van der Waals surface area contributed by atoms with Gasteiger partial charge in [-0.3, -0.25) is 4.79 Å². The van der Waals surface area contributed by atoms with Crippen molar-refractivity contribution < 1.29 is 32.6 Å². The number of nitrogens with zero attached hydrogens (tertiary/aromatic N) is 1. The number of fused-ring (bicyclic) bond motifs is 1. The van der Waals surface area contributed by atoms with Crippen molar-refractivity contribution in [3.05, 3.63) is 47.7 Å². The predicted molar refractivity (Wildman–Crippen MR) is 114 cm³/mol. The van der Waals surface area contributed by atoms with Crippen LogP contribution in [0.25, 0.3) is 10.8 Å². The number of phenolic OH excluding ortho intramolecular Hbond substituents is 1. The summed E-state index contributed by atoms with van der Waals surface area (Å²) in [4.78, 5) is 12.0. The summed E-state index contributed by atoms with van der Waals surface area (Å²) in [6, 6.07) is 6.28. The highest BCUT2D eigenvalue weighted by atomic mass is 32.2. The Balaban J connectivity index is 1.88. The average molecular weight is 453 g/mol. The molecule has 0 unspecified atom stereocenters. The monoisotopic (exact) mass is 452 g/mol. The maximum absolute atomic E-state index is 15.3. The van der Waals surface area contributed by atoms with Crippen molar-refractivity contribution in [2.24, 2.45) is 5.41 Å². The zero-order valence-electron chi connectivity index (χ0n) is 17.5. The van der Waals surface area contributed by atoms with Crippen molar-refractivity contribution in [1.29, 1.82) is 0 Å². The summed E-state index contributed by atoms with van der Waals surface area (Å²) in [6.45, 7) is 5.70. The van der Waals surface area contributed by atoms with E-state index in [1.165, 1.54) is 6.07 Å². The van der Waals surface area contributed by atoms with Crippen molar-refractivity contribution in [3.8, 4) is 5.75 Å². The molecule has 0 fully saturated rings. The number of carbonyl (C=O) groups is 1. The highest BCUT2D eigenvalue weighted by Gasteiger charge is 2.33. The van der Waals surface area contributed by atoms with Gasteiger partial charge in [0.25, 0.3) is 0 Å². The Morgan fingerprint density at radius 1 is 1.26 bits per heavy atom. The number of rotatable bonds is 7. The Morgan fingerprint density at radius 3 is 2.58 bits per heavy atom. The maximum atomic E-state index is 15.3. The van der Waals surface area contributed by atoms with E-state index in [1.807, 2.05) is 18.6 Å². The Labute approximate surface area is 180 Å². The van der Waals surface area contributed by atoms with Crippen LogP contribution in [0.3, 0.4) is 0 Å². The second kappa shape index (κ2) is 8.26. The molecule has 0 spiro atoms. The van der Waals surface area contributed by atoms with Crippen molar-refractivity contribution in [2.75, 3.05) is 10.9 Å². The van der Waals surface area contributed by atoms with Gasteiger partial charge in [0.1, 0.15) is 11.4 Å². The van der Waals surface area contributed by atoms with Crippen molar-refractivity contribution in [2.45, 2.75) is 40.0 Å². The van der Waals surface area contributed by atoms with E-state index in [9.17, 15) is 23.4 Å². The van der Waals surface area contributed by atoms with Crippen LogP contribution >= 0.6 is 0 Å². The fraction of sp³-hybridized carbons (Fsp3) is 0.381. The minimum atomic E-state index is -4.26. The Morgan fingerprint density at radius 2 is 1.97 bits per heavy atom. The largest absolute Gasteiger partial charge is 0.506 e. The molecular weight excluding hydrogens is 427 g/mol. The van der Waals surface area contributed by atoms with E-state index in [-0.39, 0.29) is 11.4 Å². The lowest BCUT2D eigenvalue weighted by atomic mass is 9.86. The van der Waals surface area contributed by atoms with Crippen LogP contribution in [0.2, 0.25) is 0 Å². The molecule has 0 saturated carbocycles. The van der Waals surface area contributed by atoms with E-state index in [1.54, 1.807) is 25.1 Å². The molecule has 0 saturated heterocycles.